The van der Waals surface area contributed by atoms with Crippen LogP contribution in [-0.2, 0) is 9.53 Å². The van der Waals surface area contributed by atoms with Crippen LogP contribution in [0.2, 0.25) is 0 Å². The number of methoxy groups -OCH3 is 1. The molecule has 0 radical (unpaired) electrons. The molecular formula is C8H13NO3. The van der Waals surface area contributed by atoms with Crippen molar-refractivity contribution < 1.29 is 14.6 Å². The number of rotatable bonds is 5. The van der Waals surface area contributed by atoms with E-state index in [1.807, 2.05) is 0 Å². The lowest BCUT2D eigenvalue weighted by atomic mass is 10.3. The predicted octanol–water partition coefficient (Wildman–Crippen LogP) is -0.301. The molecule has 68 valence electrons. The molecule has 12 heavy (non-hydrogen) atoms. The second kappa shape index (κ2) is 6.65. The second-order valence-electron chi connectivity index (χ2n) is 2.15. The van der Waals surface area contributed by atoms with Gasteiger partial charge in [-0.2, -0.15) is 0 Å². The number of carbonyl (C=O) groups is 1. The molecule has 0 heterocycles. The molecule has 0 aromatic carbocycles. The standard InChI is InChI=1S/C8H13NO3/c1-3-4-5-9-7(6-12-2)8(10)11/h7,9H,5-6H2,1-2H3,(H,10,11). The van der Waals surface area contributed by atoms with E-state index in [9.17, 15) is 4.79 Å². The van der Waals surface area contributed by atoms with E-state index in [0.29, 0.717) is 6.54 Å². The lowest BCUT2D eigenvalue weighted by Gasteiger charge is -2.10. The number of hydrogen-bond donors (Lipinski definition) is 2. The topological polar surface area (TPSA) is 58.6 Å². The summed E-state index contributed by atoms with van der Waals surface area (Å²) in [6.07, 6.45) is 0. The molecule has 2 N–H and O–H groups in total. The summed E-state index contributed by atoms with van der Waals surface area (Å²) in [7, 11) is 1.46. The Labute approximate surface area is 71.9 Å². The highest BCUT2D eigenvalue weighted by Gasteiger charge is 2.14. The number of carboxylic acid groups (broad SMARTS) is 1. The van der Waals surface area contributed by atoms with Gasteiger partial charge in [0.2, 0.25) is 0 Å². The number of ether oxygens (including phenoxy) is 1. The highest BCUT2D eigenvalue weighted by atomic mass is 16.5. The van der Waals surface area contributed by atoms with Gasteiger partial charge < -0.3 is 9.84 Å². The van der Waals surface area contributed by atoms with Crippen molar-refractivity contribution in [1.29, 1.82) is 0 Å². The maximum atomic E-state index is 10.5. The van der Waals surface area contributed by atoms with E-state index in [-0.39, 0.29) is 6.61 Å². The van der Waals surface area contributed by atoms with Crippen LogP contribution >= 0.6 is 0 Å². The number of hydrogen-bond acceptors (Lipinski definition) is 3. The fourth-order valence-corrected chi connectivity index (χ4v) is 0.647. The van der Waals surface area contributed by atoms with Crippen molar-refractivity contribution in [3.63, 3.8) is 0 Å². The van der Waals surface area contributed by atoms with Crippen LogP contribution in [0.3, 0.4) is 0 Å². The van der Waals surface area contributed by atoms with Crippen molar-refractivity contribution in [2.24, 2.45) is 0 Å². The van der Waals surface area contributed by atoms with Crippen LogP contribution < -0.4 is 5.32 Å². The maximum absolute atomic E-state index is 10.5. The SMILES string of the molecule is CC#CCNC(COC)C(=O)O. The molecule has 4 heteroatoms. The zero-order valence-electron chi connectivity index (χ0n) is 7.26. The van der Waals surface area contributed by atoms with Gasteiger partial charge in [-0.1, -0.05) is 5.92 Å². The van der Waals surface area contributed by atoms with Crippen LogP contribution in [0, 0.1) is 11.8 Å². The molecule has 0 amide bonds. The lowest BCUT2D eigenvalue weighted by molar-refractivity contribution is -0.140. The molecular weight excluding hydrogens is 158 g/mol. The summed E-state index contributed by atoms with van der Waals surface area (Å²) in [5.74, 6) is 4.45. The molecule has 4 nitrogen and oxygen atoms in total. The van der Waals surface area contributed by atoms with E-state index in [1.165, 1.54) is 7.11 Å². The van der Waals surface area contributed by atoms with Gasteiger partial charge in [0.25, 0.3) is 0 Å². The first-order valence-corrected chi connectivity index (χ1v) is 3.57. The summed E-state index contributed by atoms with van der Waals surface area (Å²) in [5, 5.41) is 11.3. The Kier molecular flexibility index (Phi) is 6.07. The van der Waals surface area contributed by atoms with E-state index >= 15 is 0 Å². The highest BCUT2D eigenvalue weighted by molar-refractivity contribution is 5.73. The molecule has 0 aliphatic heterocycles. The van der Waals surface area contributed by atoms with Crippen LogP contribution in [-0.4, -0.2) is 37.4 Å². The van der Waals surface area contributed by atoms with Gasteiger partial charge in [-0.05, 0) is 6.92 Å². The molecule has 0 saturated carbocycles. The van der Waals surface area contributed by atoms with E-state index in [4.69, 9.17) is 9.84 Å². The maximum Gasteiger partial charge on any atom is 0.323 e. The largest absolute Gasteiger partial charge is 0.480 e. The Bertz CT molecular complexity index is 192. The lowest BCUT2D eigenvalue weighted by Crippen LogP contribution is -2.40. The Morgan fingerprint density at radius 3 is 2.83 bits per heavy atom. The quantitative estimate of drug-likeness (QED) is 0.557. The van der Waals surface area contributed by atoms with E-state index in [2.05, 4.69) is 17.2 Å². The monoisotopic (exact) mass is 171 g/mol. The first-order chi connectivity index (χ1) is 5.72. The first kappa shape index (κ1) is 11.0. The minimum absolute atomic E-state index is 0.153. The molecule has 0 saturated heterocycles. The molecule has 0 aromatic heterocycles. The average molecular weight is 171 g/mol. The minimum Gasteiger partial charge on any atom is -0.480 e. The Morgan fingerprint density at radius 1 is 1.75 bits per heavy atom. The zero-order valence-corrected chi connectivity index (χ0v) is 7.26. The summed E-state index contributed by atoms with van der Waals surface area (Å²) in [6.45, 7) is 2.23. The molecule has 1 unspecified atom stereocenters. The third-order valence-electron chi connectivity index (χ3n) is 1.25. The molecule has 0 fully saturated rings. The van der Waals surface area contributed by atoms with Gasteiger partial charge in [0.05, 0.1) is 13.2 Å². The van der Waals surface area contributed by atoms with Crippen molar-refractivity contribution in [3.8, 4) is 11.8 Å². The average Bonchev–Trinajstić information content (AvgIpc) is 2.03. The van der Waals surface area contributed by atoms with E-state index < -0.39 is 12.0 Å². The molecule has 0 spiro atoms. The minimum atomic E-state index is -0.922. The summed E-state index contributed by atoms with van der Waals surface area (Å²) in [5.41, 5.74) is 0. The van der Waals surface area contributed by atoms with Crippen molar-refractivity contribution in [1.82, 2.24) is 5.32 Å². The van der Waals surface area contributed by atoms with Gasteiger partial charge in [0.15, 0.2) is 0 Å². The number of nitrogens with one attached hydrogen (secondary N) is 1. The fraction of sp³-hybridized carbons (Fsp3) is 0.625. The Morgan fingerprint density at radius 2 is 2.42 bits per heavy atom. The summed E-state index contributed by atoms with van der Waals surface area (Å²) in [4.78, 5) is 10.5. The van der Waals surface area contributed by atoms with E-state index in [1.54, 1.807) is 6.92 Å². The van der Waals surface area contributed by atoms with Crippen molar-refractivity contribution >= 4 is 5.97 Å². The summed E-state index contributed by atoms with van der Waals surface area (Å²) < 4.78 is 4.70. The molecule has 0 aromatic rings. The first-order valence-electron chi connectivity index (χ1n) is 3.57. The Balaban J connectivity index is 3.76. The normalized spacial score (nSPS) is 11.5. The van der Waals surface area contributed by atoms with Gasteiger partial charge >= 0.3 is 5.97 Å². The molecule has 1 atom stereocenters. The highest BCUT2D eigenvalue weighted by Crippen LogP contribution is 1.83. The van der Waals surface area contributed by atoms with Crippen molar-refractivity contribution in [2.75, 3.05) is 20.3 Å². The van der Waals surface area contributed by atoms with Gasteiger partial charge in [-0.3, -0.25) is 10.1 Å². The Hall–Kier alpha value is -1.05. The number of aliphatic carboxylic acids is 1. The fourth-order valence-electron chi connectivity index (χ4n) is 0.647. The van der Waals surface area contributed by atoms with Crippen molar-refractivity contribution in [2.45, 2.75) is 13.0 Å². The van der Waals surface area contributed by atoms with Crippen LogP contribution in [0.25, 0.3) is 0 Å². The molecule has 0 bridgehead atoms. The second-order valence-corrected chi connectivity index (χ2v) is 2.15. The van der Waals surface area contributed by atoms with Gasteiger partial charge in [-0.25, -0.2) is 0 Å². The summed E-state index contributed by atoms with van der Waals surface area (Å²) >= 11 is 0. The number of carboxylic acids is 1. The van der Waals surface area contributed by atoms with Gasteiger partial charge in [0, 0.05) is 7.11 Å². The molecule has 0 rings (SSSR count). The van der Waals surface area contributed by atoms with Crippen LogP contribution in [0.1, 0.15) is 6.92 Å². The summed E-state index contributed by atoms with van der Waals surface area (Å²) in [6, 6.07) is -0.671. The third kappa shape index (κ3) is 4.72. The van der Waals surface area contributed by atoms with Crippen molar-refractivity contribution in [3.05, 3.63) is 0 Å². The van der Waals surface area contributed by atoms with Gasteiger partial charge in [-0.15, -0.1) is 5.92 Å². The molecule has 0 aliphatic carbocycles. The smallest absolute Gasteiger partial charge is 0.323 e. The zero-order chi connectivity index (χ0) is 9.40. The van der Waals surface area contributed by atoms with Crippen LogP contribution in [0.4, 0.5) is 0 Å². The molecule has 0 aliphatic rings. The third-order valence-corrected chi connectivity index (χ3v) is 1.25. The van der Waals surface area contributed by atoms with E-state index in [0.717, 1.165) is 0 Å². The van der Waals surface area contributed by atoms with Crippen LogP contribution in [0.15, 0.2) is 0 Å². The predicted molar refractivity (Wildman–Crippen MR) is 44.8 cm³/mol. The van der Waals surface area contributed by atoms with Crippen LogP contribution in [0.5, 0.6) is 0 Å². The van der Waals surface area contributed by atoms with Gasteiger partial charge in [0.1, 0.15) is 6.04 Å².